The highest BCUT2D eigenvalue weighted by molar-refractivity contribution is 4.75. The predicted molar refractivity (Wildman–Crippen MR) is 50.0 cm³/mol. The summed E-state index contributed by atoms with van der Waals surface area (Å²) in [5, 5.41) is 0. The Morgan fingerprint density at radius 2 is 1.71 bits per heavy atom. The molecule has 0 amide bonds. The van der Waals surface area contributed by atoms with E-state index in [0.29, 0.717) is 25.4 Å². The molecule has 2 saturated heterocycles. The van der Waals surface area contributed by atoms with Crippen LogP contribution in [0, 0.1) is 6.92 Å². The maximum Gasteiger partial charge on any atom is 0.104 e. The van der Waals surface area contributed by atoms with Crippen molar-refractivity contribution in [3.05, 3.63) is 6.92 Å². The van der Waals surface area contributed by atoms with Crippen LogP contribution in [-0.2, 0) is 18.9 Å². The fourth-order valence-corrected chi connectivity index (χ4v) is 1.06. The van der Waals surface area contributed by atoms with Crippen LogP contribution in [0.2, 0.25) is 0 Å². The molecular formula is C10H17O4. The van der Waals surface area contributed by atoms with Crippen LogP contribution in [-0.4, -0.2) is 50.8 Å². The third kappa shape index (κ3) is 3.53. The second kappa shape index (κ2) is 4.57. The number of rotatable bonds is 7. The fraction of sp³-hybridized carbons (Fsp3) is 0.900. The number of hydrogen-bond acceptors (Lipinski definition) is 4. The molecule has 2 rings (SSSR count). The molecular weight excluding hydrogens is 184 g/mol. The van der Waals surface area contributed by atoms with Crippen LogP contribution in [0.3, 0.4) is 0 Å². The van der Waals surface area contributed by atoms with Gasteiger partial charge in [-0.3, -0.25) is 0 Å². The first kappa shape index (κ1) is 10.4. The number of epoxide rings is 2. The van der Waals surface area contributed by atoms with Gasteiger partial charge in [0.15, 0.2) is 0 Å². The van der Waals surface area contributed by atoms with Gasteiger partial charge in [0.1, 0.15) is 12.2 Å². The molecule has 4 heteroatoms. The topological polar surface area (TPSA) is 43.5 Å². The van der Waals surface area contributed by atoms with Crippen molar-refractivity contribution in [3.8, 4) is 0 Å². The highest BCUT2D eigenvalue weighted by Gasteiger charge is 2.27. The maximum absolute atomic E-state index is 5.53. The lowest BCUT2D eigenvalue weighted by Gasteiger charge is -2.20. The van der Waals surface area contributed by atoms with Gasteiger partial charge in [-0.2, -0.15) is 0 Å². The van der Waals surface area contributed by atoms with E-state index in [-0.39, 0.29) is 12.2 Å². The van der Waals surface area contributed by atoms with Gasteiger partial charge < -0.3 is 18.9 Å². The molecule has 0 saturated carbocycles. The molecule has 0 bridgehead atoms. The molecule has 2 fully saturated rings. The molecule has 0 spiro atoms. The zero-order valence-electron chi connectivity index (χ0n) is 8.48. The van der Waals surface area contributed by atoms with Crippen molar-refractivity contribution in [2.45, 2.75) is 31.3 Å². The molecule has 81 valence electrons. The molecule has 0 aliphatic carbocycles. The zero-order chi connectivity index (χ0) is 9.97. The highest BCUT2D eigenvalue weighted by Crippen LogP contribution is 2.14. The minimum atomic E-state index is -0.127. The molecule has 4 atom stereocenters. The van der Waals surface area contributed by atoms with E-state index >= 15 is 0 Å². The van der Waals surface area contributed by atoms with Gasteiger partial charge >= 0.3 is 0 Å². The predicted octanol–water partition coefficient (Wildman–Crippen LogP) is 0.408. The first-order chi connectivity index (χ1) is 6.75. The Morgan fingerprint density at radius 1 is 1.21 bits per heavy atom. The number of hydrogen-bond donors (Lipinski definition) is 0. The molecule has 0 aromatic heterocycles. The minimum Gasteiger partial charge on any atom is -0.373 e. The second-order valence-electron chi connectivity index (χ2n) is 3.82. The molecule has 0 aromatic rings. The fourth-order valence-electron chi connectivity index (χ4n) is 1.06. The monoisotopic (exact) mass is 201 g/mol. The van der Waals surface area contributed by atoms with Crippen LogP contribution < -0.4 is 0 Å². The lowest BCUT2D eigenvalue weighted by Crippen LogP contribution is -2.29. The van der Waals surface area contributed by atoms with Gasteiger partial charge in [0.2, 0.25) is 0 Å². The van der Waals surface area contributed by atoms with E-state index in [9.17, 15) is 0 Å². The molecule has 0 N–H and O–H groups in total. The highest BCUT2D eigenvalue weighted by atomic mass is 16.6. The van der Waals surface area contributed by atoms with Crippen molar-refractivity contribution in [2.24, 2.45) is 0 Å². The van der Waals surface area contributed by atoms with Crippen LogP contribution in [0.1, 0.15) is 6.92 Å². The molecule has 2 heterocycles. The Labute approximate surface area is 84.5 Å². The molecule has 14 heavy (non-hydrogen) atoms. The summed E-state index contributed by atoms with van der Waals surface area (Å²) in [6.07, 6.45) is 0.477. The summed E-state index contributed by atoms with van der Waals surface area (Å²) in [7, 11) is 0. The molecule has 2 aliphatic heterocycles. The molecule has 0 aromatic carbocycles. The summed E-state index contributed by atoms with van der Waals surface area (Å²) in [5.41, 5.74) is 0. The SMILES string of the molecule is [CH2]C(OCC1CO1)C(C)OCC1CO1. The van der Waals surface area contributed by atoms with Crippen molar-refractivity contribution >= 4 is 0 Å². The van der Waals surface area contributed by atoms with Gasteiger partial charge in [0, 0.05) is 0 Å². The molecule has 4 nitrogen and oxygen atoms in total. The summed E-state index contributed by atoms with van der Waals surface area (Å²) < 4.78 is 21.1. The van der Waals surface area contributed by atoms with Crippen LogP contribution in [0.15, 0.2) is 0 Å². The number of ether oxygens (including phenoxy) is 4. The summed E-state index contributed by atoms with van der Waals surface area (Å²) in [4.78, 5) is 0. The van der Waals surface area contributed by atoms with Crippen molar-refractivity contribution < 1.29 is 18.9 Å². The second-order valence-corrected chi connectivity index (χ2v) is 3.82. The minimum absolute atomic E-state index is 0.0120. The smallest absolute Gasteiger partial charge is 0.104 e. The summed E-state index contributed by atoms with van der Waals surface area (Å²) in [6, 6.07) is 0. The Morgan fingerprint density at radius 3 is 2.21 bits per heavy atom. The quantitative estimate of drug-likeness (QED) is 0.559. The third-order valence-electron chi connectivity index (χ3n) is 2.37. The largest absolute Gasteiger partial charge is 0.373 e. The van der Waals surface area contributed by atoms with Crippen molar-refractivity contribution in [2.75, 3.05) is 26.4 Å². The van der Waals surface area contributed by atoms with E-state index in [2.05, 4.69) is 6.92 Å². The van der Waals surface area contributed by atoms with Gasteiger partial charge in [-0.25, -0.2) is 0 Å². The normalized spacial score (nSPS) is 33.9. The maximum atomic E-state index is 5.53. The van der Waals surface area contributed by atoms with E-state index in [1.54, 1.807) is 0 Å². The van der Waals surface area contributed by atoms with Crippen molar-refractivity contribution in [3.63, 3.8) is 0 Å². The van der Waals surface area contributed by atoms with E-state index in [0.717, 1.165) is 13.2 Å². The molecule has 4 unspecified atom stereocenters. The Balaban J connectivity index is 1.53. The molecule has 2 aliphatic rings. The Kier molecular flexibility index (Phi) is 3.38. The lowest BCUT2D eigenvalue weighted by molar-refractivity contribution is -0.0507. The van der Waals surface area contributed by atoms with E-state index in [1.807, 2.05) is 6.92 Å². The Hall–Kier alpha value is -0.160. The van der Waals surface area contributed by atoms with Crippen molar-refractivity contribution in [1.29, 1.82) is 0 Å². The summed E-state index contributed by atoms with van der Waals surface area (Å²) in [6.45, 7) is 8.78. The zero-order valence-corrected chi connectivity index (χ0v) is 8.48. The van der Waals surface area contributed by atoms with Crippen LogP contribution >= 0.6 is 0 Å². The van der Waals surface area contributed by atoms with Gasteiger partial charge in [-0.1, -0.05) is 0 Å². The molecule has 1 radical (unpaired) electrons. The standard InChI is InChI=1S/C10H17O4/c1-7(11-3-9-5-13-9)8(2)12-4-10-6-14-10/h7-10H,1,3-6H2,2H3. The first-order valence-corrected chi connectivity index (χ1v) is 5.05. The van der Waals surface area contributed by atoms with Crippen LogP contribution in [0.4, 0.5) is 0 Å². The average Bonchev–Trinajstić information content (AvgIpc) is 3.02. The summed E-state index contributed by atoms with van der Waals surface area (Å²) >= 11 is 0. The van der Waals surface area contributed by atoms with Gasteiger partial charge in [-0.05, 0) is 13.8 Å². The lowest BCUT2D eigenvalue weighted by atomic mass is 10.2. The van der Waals surface area contributed by atoms with E-state index in [1.165, 1.54) is 0 Å². The third-order valence-corrected chi connectivity index (χ3v) is 2.37. The van der Waals surface area contributed by atoms with Gasteiger partial charge in [-0.15, -0.1) is 0 Å². The van der Waals surface area contributed by atoms with Crippen LogP contribution in [0.25, 0.3) is 0 Å². The van der Waals surface area contributed by atoms with Gasteiger partial charge in [0.05, 0.1) is 38.6 Å². The summed E-state index contributed by atoms with van der Waals surface area (Å²) in [5.74, 6) is 0. The van der Waals surface area contributed by atoms with Crippen LogP contribution in [0.5, 0.6) is 0 Å². The average molecular weight is 201 g/mol. The van der Waals surface area contributed by atoms with Gasteiger partial charge in [0.25, 0.3) is 0 Å². The first-order valence-electron chi connectivity index (χ1n) is 5.05. The van der Waals surface area contributed by atoms with E-state index < -0.39 is 0 Å². The van der Waals surface area contributed by atoms with E-state index in [4.69, 9.17) is 18.9 Å². The van der Waals surface area contributed by atoms with Crippen molar-refractivity contribution in [1.82, 2.24) is 0 Å². The Bertz CT molecular complexity index is 157.